The molecule has 0 aliphatic heterocycles. The van der Waals surface area contributed by atoms with Crippen LogP contribution in [0.1, 0.15) is 77.7 Å². The van der Waals surface area contributed by atoms with E-state index in [1.807, 2.05) is 48.5 Å². The summed E-state index contributed by atoms with van der Waals surface area (Å²) < 4.78 is 34.6. The number of nitrogens with one attached hydrogen (secondary N) is 2. The molecule has 2 N–H and O–H groups in total. The first-order valence-electron chi connectivity index (χ1n) is 13.7. The van der Waals surface area contributed by atoms with E-state index in [0.29, 0.717) is 28.9 Å². The summed E-state index contributed by atoms with van der Waals surface area (Å²) in [4.78, 5) is 17.8. The van der Waals surface area contributed by atoms with Crippen molar-refractivity contribution in [2.75, 3.05) is 13.6 Å². The van der Waals surface area contributed by atoms with Crippen molar-refractivity contribution in [3.63, 3.8) is 0 Å². The van der Waals surface area contributed by atoms with E-state index < -0.39 is 10.0 Å². The summed E-state index contributed by atoms with van der Waals surface area (Å²) in [6.07, 6.45) is 5.57. The fourth-order valence-electron chi connectivity index (χ4n) is 4.93. The molecule has 4 aromatic rings. The van der Waals surface area contributed by atoms with Gasteiger partial charge in [0, 0.05) is 19.2 Å². The van der Waals surface area contributed by atoms with Crippen LogP contribution in [0.2, 0.25) is 0 Å². The van der Waals surface area contributed by atoms with Gasteiger partial charge in [0.15, 0.2) is 0 Å². The Hall–Kier alpha value is -3.49. The maximum Gasteiger partial charge on any atom is 0.255 e. The van der Waals surface area contributed by atoms with Gasteiger partial charge in [-0.15, -0.1) is 0 Å². The number of aromatic nitrogens is 1. The molecule has 0 atom stereocenters. The van der Waals surface area contributed by atoms with E-state index in [2.05, 4.69) is 29.1 Å². The van der Waals surface area contributed by atoms with E-state index in [1.54, 1.807) is 7.05 Å². The number of nitrogens with zero attached hydrogens (tertiary/aromatic N) is 1. The van der Waals surface area contributed by atoms with Crippen LogP contribution in [-0.4, -0.2) is 32.9 Å². The van der Waals surface area contributed by atoms with Gasteiger partial charge in [-0.2, -0.15) is 0 Å². The van der Waals surface area contributed by atoms with Crippen LogP contribution in [0.5, 0.6) is 0 Å². The van der Waals surface area contributed by atoms with Crippen molar-refractivity contribution in [1.82, 2.24) is 15.0 Å². The number of pyridine rings is 1. The number of sulfonamides is 1. The fraction of sp³-hybridized carbons (Fsp3) is 0.355. The van der Waals surface area contributed by atoms with Gasteiger partial charge in [-0.3, -0.25) is 4.79 Å². The zero-order valence-electron chi connectivity index (χ0n) is 22.5. The molecular weight excluding hydrogens is 510 g/mol. The zero-order valence-corrected chi connectivity index (χ0v) is 23.3. The van der Waals surface area contributed by atoms with Gasteiger partial charge in [0.2, 0.25) is 15.7 Å². The van der Waals surface area contributed by atoms with Crippen LogP contribution in [0.15, 0.2) is 65.1 Å². The molecule has 39 heavy (non-hydrogen) atoms. The van der Waals surface area contributed by atoms with Crippen molar-refractivity contribution in [1.29, 1.82) is 0 Å². The second-order valence-corrected chi connectivity index (χ2v) is 12.1. The van der Waals surface area contributed by atoms with Crippen molar-refractivity contribution in [3.05, 3.63) is 88.6 Å². The lowest BCUT2D eigenvalue weighted by Gasteiger charge is -2.10. The molecule has 0 bridgehead atoms. The van der Waals surface area contributed by atoms with Gasteiger partial charge < -0.3 is 9.73 Å². The highest BCUT2D eigenvalue weighted by molar-refractivity contribution is 7.88. The Morgan fingerprint density at radius 3 is 2.41 bits per heavy atom. The molecule has 0 spiro atoms. The average molecular weight is 546 g/mol. The highest BCUT2D eigenvalue weighted by Gasteiger charge is 2.31. The van der Waals surface area contributed by atoms with E-state index in [-0.39, 0.29) is 23.3 Å². The molecule has 1 amide bonds. The minimum absolute atomic E-state index is 0.208. The Morgan fingerprint density at radius 1 is 1.03 bits per heavy atom. The number of fused-ring (bicyclic) bond motifs is 1. The molecule has 1 fully saturated rings. The summed E-state index contributed by atoms with van der Waals surface area (Å²) in [6.45, 7) is 2.50. The van der Waals surface area contributed by atoms with Gasteiger partial charge in [-0.1, -0.05) is 74.4 Å². The van der Waals surface area contributed by atoms with Crippen LogP contribution < -0.4 is 10.0 Å². The highest BCUT2D eigenvalue weighted by Crippen LogP contribution is 2.44. The molecule has 8 heteroatoms. The van der Waals surface area contributed by atoms with Crippen molar-refractivity contribution in [2.24, 2.45) is 0 Å². The number of furan rings is 1. The van der Waals surface area contributed by atoms with Crippen LogP contribution in [0.4, 0.5) is 0 Å². The number of carbonyl (C=O) groups is 1. The number of carbonyl (C=O) groups excluding carboxylic acids is 1. The highest BCUT2D eigenvalue weighted by atomic mass is 32.2. The third-order valence-corrected chi connectivity index (χ3v) is 8.46. The lowest BCUT2D eigenvalue weighted by atomic mass is 10.00. The Morgan fingerprint density at radius 2 is 1.74 bits per heavy atom. The first kappa shape index (κ1) is 27.1. The Balaban J connectivity index is 1.50. The van der Waals surface area contributed by atoms with Gasteiger partial charge in [0.25, 0.3) is 5.91 Å². The molecule has 0 saturated heterocycles. The standard InChI is InChI=1S/C31H35N3O4S/c1-3-4-8-17-33-39(36,37)20-27-25(23-15-16-23)19-26-28(30(35)32-2)29(38-31(26)34-27)24-13-11-22(12-14-24)18-21-9-6-5-7-10-21/h5-7,9-14,19,23,33H,3-4,8,15-18,20H2,1-2H3,(H,32,35). The minimum Gasteiger partial charge on any atom is -0.437 e. The summed E-state index contributed by atoms with van der Waals surface area (Å²) >= 11 is 0. The summed E-state index contributed by atoms with van der Waals surface area (Å²) in [5, 5.41) is 3.34. The summed E-state index contributed by atoms with van der Waals surface area (Å²) in [7, 11) is -1.96. The number of hydrogen-bond donors (Lipinski definition) is 2. The van der Waals surface area contributed by atoms with Crippen LogP contribution in [-0.2, 0) is 22.2 Å². The van der Waals surface area contributed by atoms with E-state index in [1.165, 1.54) is 5.56 Å². The van der Waals surface area contributed by atoms with Crippen LogP contribution >= 0.6 is 0 Å². The fourth-order valence-corrected chi connectivity index (χ4v) is 6.08. The number of rotatable bonds is 12. The van der Waals surface area contributed by atoms with E-state index in [4.69, 9.17) is 9.40 Å². The van der Waals surface area contributed by atoms with Gasteiger partial charge in [-0.05, 0) is 54.4 Å². The molecule has 204 valence electrons. The van der Waals surface area contributed by atoms with Crippen LogP contribution in [0, 0.1) is 0 Å². The molecule has 1 saturated carbocycles. The topological polar surface area (TPSA) is 101 Å². The molecule has 7 nitrogen and oxygen atoms in total. The third kappa shape index (κ3) is 6.40. The zero-order chi connectivity index (χ0) is 27.4. The van der Waals surface area contributed by atoms with Gasteiger partial charge >= 0.3 is 0 Å². The first-order valence-corrected chi connectivity index (χ1v) is 15.3. The van der Waals surface area contributed by atoms with Crippen molar-refractivity contribution in [3.8, 4) is 11.3 Å². The predicted octanol–water partition coefficient (Wildman–Crippen LogP) is 5.93. The maximum absolute atomic E-state index is 13.1. The Kier molecular flexibility index (Phi) is 8.14. The van der Waals surface area contributed by atoms with Gasteiger partial charge in [0.1, 0.15) is 11.5 Å². The number of unbranched alkanes of at least 4 members (excludes halogenated alkanes) is 2. The summed E-state index contributed by atoms with van der Waals surface area (Å²) in [5.41, 5.74) is 5.22. The van der Waals surface area contributed by atoms with Gasteiger partial charge in [-0.25, -0.2) is 18.1 Å². The average Bonchev–Trinajstić information content (AvgIpc) is 3.71. The Labute approximate surface area is 230 Å². The lowest BCUT2D eigenvalue weighted by Crippen LogP contribution is -2.27. The number of benzene rings is 2. The van der Waals surface area contributed by atoms with Crippen LogP contribution in [0.25, 0.3) is 22.4 Å². The summed E-state index contributed by atoms with van der Waals surface area (Å²) in [6, 6.07) is 20.1. The SMILES string of the molecule is CCCCCNS(=O)(=O)Cc1nc2oc(-c3ccc(Cc4ccccc4)cc3)c(C(=O)NC)c2cc1C1CC1. The third-order valence-electron chi connectivity index (χ3n) is 7.16. The Bertz CT molecular complexity index is 1560. The minimum atomic E-state index is -3.55. The molecular formula is C31H35N3O4S. The molecule has 1 aliphatic carbocycles. The first-order chi connectivity index (χ1) is 18.9. The number of hydrogen-bond acceptors (Lipinski definition) is 5. The van der Waals surface area contributed by atoms with E-state index in [0.717, 1.165) is 55.2 Å². The van der Waals surface area contributed by atoms with Crippen molar-refractivity contribution in [2.45, 2.75) is 57.1 Å². The van der Waals surface area contributed by atoms with E-state index >= 15 is 0 Å². The predicted molar refractivity (Wildman–Crippen MR) is 154 cm³/mol. The van der Waals surface area contributed by atoms with E-state index in [9.17, 15) is 13.2 Å². The molecule has 0 unspecified atom stereocenters. The quantitative estimate of drug-likeness (QED) is 0.215. The largest absolute Gasteiger partial charge is 0.437 e. The monoisotopic (exact) mass is 545 g/mol. The smallest absolute Gasteiger partial charge is 0.255 e. The maximum atomic E-state index is 13.1. The van der Waals surface area contributed by atoms with Crippen molar-refractivity contribution >= 4 is 27.0 Å². The molecule has 2 aromatic heterocycles. The molecule has 0 radical (unpaired) electrons. The van der Waals surface area contributed by atoms with Gasteiger partial charge in [0.05, 0.1) is 16.6 Å². The normalized spacial score (nSPS) is 13.6. The molecule has 5 rings (SSSR count). The second-order valence-electron chi connectivity index (χ2n) is 10.3. The number of amides is 1. The van der Waals surface area contributed by atoms with Crippen LogP contribution in [0.3, 0.4) is 0 Å². The molecule has 1 aliphatic rings. The van der Waals surface area contributed by atoms with Crippen molar-refractivity contribution < 1.29 is 17.6 Å². The molecule has 2 aromatic carbocycles. The molecule has 2 heterocycles. The second kappa shape index (κ2) is 11.7. The lowest BCUT2D eigenvalue weighted by molar-refractivity contribution is 0.0964. The summed E-state index contributed by atoms with van der Waals surface area (Å²) in [5.74, 6) is 0.210.